The van der Waals surface area contributed by atoms with E-state index in [0.29, 0.717) is 0 Å². The number of hydrogen-bond acceptors (Lipinski definition) is 2. The Kier molecular flexibility index (Phi) is 3.30. The van der Waals surface area contributed by atoms with Crippen molar-refractivity contribution in [1.29, 1.82) is 0 Å². The second-order valence-electron chi connectivity index (χ2n) is 5.31. The van der Waals surface area contributed by atoms with Crippen molar-refractivity contribution in [3.05, 3.63) is 70.9 Å². The van der Waals surface area contributed by atoms with Crippen LogP contribution < -0.4 is 11.3 Å². The van der Waals surface area contributed by atoms with Crippen molar-refractivity contribution in [3.63, 3.8) is 0 Å². The Bertz CT molecular complexity index is 723. The van der Waals surface area contributed by atoms with Gasteiger partial charge in [0.15, 0.2) is 0 Å². The van der Waals surface area contributed by atoms with E-state index < -0.39 is 0 Å². The topological polar surface area (TPSA) is 53.8 Å². The number of aryl methyl sites for hydroxylation is 2. The third-order valence-corrected chi connectivity index (χ3v) is 3.68. The Morgan fingerprint density at radius 2 is 1.75 bits per heavy atom. The van der Waals surface area contributed by atoms with Gasteiger partial charge in [-0.2, -0.15) is 0 Å². The number of rotatable bonds is 3. The van der Waals surface area contributed by atoms with Gasteiger partial charge >= 0.3 is 0 Å². The first kappa shape index (κ1) is 12.9. The second-order valence-corrected chi connectivity index (χ2v) is 5.31. The number of fused-ring (bicyclic) bond motifs is 1. The Morgan fingerprint density at radius 3 is 2.45 bits per heavy atom. The van der Waals surface area contributed by atoms with Crippen molar-refractivity contribution >= 4 is 10.9 Å². The summed E-state index contributed by atoms with van der Waals surface area (Å²) in [6.45, 7) is 4.22. The van der Waals surface area contributed by atoms with Crippen LogP contribution in [0.5, 0.6) is 0 Å². The van der Waals surface area contributed by atoms with Crippen molar-refractivity contribution in [3.8, 4) is 0 Å². The summed E-state index contributed by atoms with van der Waals surface area (Å²) in [5, 5.41) is 1.20. The number of H-pyrrole nitrogens is 1. The van der Waals surface area contributed by atoms with E-state index in [4.69, 9.17) is 5.84 Å². The van der Waals surface area contributed by atoms with E-state index in [-0.39, 0.29) is 6.04 Å². The second kappa shape index (κ2) is 5.12. The van der Waals surface area contributed by atoms with Gasteiger partial charge in [-0.05, 0) is 25.5 Å². The summed E-state index contributed by atoms with van der Waals surface area (Å²) in [6.07, 6.45) is 2.03. The summed E-state index contributed by atoms with van der Waals surface area (Å²) in [5.74, 6) is 5.82. The molecule has 1 atom stereocenters. The summed E-state index contributed by atoms with van der Waals surface area (Å²) in [5.41, 5.74) is 8.94. The molecule has 1 aromatic heterocycles. The largest absolute Gasteiger partial charge is 0.361 e. The molecule has 1 heterocycles. The van der Waals surface area contributed by atoms with E-state index in [1.54, 1.807) is 0 Å². The highest BCUT2D eigenvalue weighted by Gasteiger charge is 2.16. The van der Waals surface area contributed by atoms with E-state index >= 15 is 0 Å². The molecule has 0 aliphatic rings. The summed E-state index contributed by atoms with van der Waals surface area (Å²) < 4.78 is 0. The van der Waals surface area contributed by atoms with Crippen LogP contribution in [-0.2, 0) is 0 Å². The fourth-order valence-corrected chi connectivity index (χ4v) is 2.87. The van der Waals surface area contributed by atoms with E-state index in [1.807, 2.05) is 12.3 Å². The van der Waals surface area contributed by atoms with Gasteiger partial charge in [-0.15, -0.1) is 0 Å². The molecule has 3 heteroatoms. The van der Waals surface area contributed by atoms with E-state index in [9.17, 15) is 0 Å². The van der Waals surface area contributed by atoms with Crippen LogP contribution in [0.15, 0.2) is 48.7 Å². The minimum Gasteiger partial charge on any atom is -0.361 e. The van der Waals surface area contributed by atoms with Crippen molar-refractivity contribution in [2.45, 2.75) is 19.9 Å². The Hall–Kier alpha value is -2.10. The molecule has 0 saturated carbocycles. The predicted octanol–water partition coefficient (Wildman–Crippen LogP) is 3.34. The Labute approximate surface area is 118 Å². The number of aromatic nitrogens is 1. The van der Waals surface area contributed by atoms with Crippen molar-refractivity contribution < 1.29 is 0 Å². The molecule has 0 aliphatic heterocycles. The minimum absolute atomic E-state index is 0.00949. The summed E-state index contributed by atoms with van der Waals surface area (Å²) >= 11 is 0. The smallest absolute Gasteiger partial charge is 0.0731 e. The molecule has 4 N–H and O–H groups in total. The number of aromatic amines is 1. The normalized spacial score (nSPS) is 12.8. The van der Waals surface area contributed by atoms with Crippen molar-refractivity contribution in [2.24, 2.45) is 5.84 Å². The number of hydrogen-bond donors (Lipinski definition) is 3. The third kappa shape index (κ3) is 2.22. The zero-order chi connectivity index (χ0) is 14.1. The highest BCUT2D eigenvalue weighted by molar-refractivity contribution is 5.84. The van der Waals surface area contributed by atoms with Crippen molar-refractivity contribution in [1.82, 2.24) is 10.4 Å². The summed E-state index contributed by atoms with van der Waals surface area (Å²) in [6, 6.07) is 14.8. The van der Waals surface area contributed by atoms with Crippen LogP contribution in [0.4, 0.5) is 0 Å². The van der Waals surface area contributed by atoms with Gasteiger partial charge in [-0.3, -0.25) is 5.84 Å². The first-order valence-corrected chi connectivity index (χ1v) is 6.79. The fourth-order valence-electron chi connectivity index (χ4n) is 2.87. The highest BCUT2D eigenvalue weighted by atomic mass is 15.2. The predicted molar refractivity (Wildman–Crippen MR) is 83.4 cm³/mol. The molecular formula is C17H19N3. The molecule has 2 aromatic carbocycles. The van der Waals surface area contributed by atoms with Crippen LogP contribution >= 0.6 is 0 Å². The molecule has 0 aliphatic carbocycles. The SMILES string of the molecule is Cc1cc(C)cc(C(NN)c2c[nH]c3ccccc23)c1. The van der Waals surface area contributed by atoms with Gasteiger partial charge < -0.3 is 4.98 Å². The number of nitrogens with two attached hydrogens (primary N) is 1. The van der Waals surface area contributed by atoms with Gasteiger partial charge in [-0.1, -0.05) is 47.5 Å². The van der Waals surface area contributed by atoms with Gasteiger partial charge in [0.1, 0.15) is 0 Å². The third-order valence-electron chi connectivity index (χ3n) is 3.68. The lowest BCUT2D eigenvalue weighted by Crippen LogP contribution is -2.28. The number of nitrogens with one attached hydrogen (secondary N) is 2. The van der Waals surface area contributed by atoms with Crippen LogP contribution in [-0.4, -0.2) is 4.98 Å². The molecule has 0 fully saturated rings. The number of para-hydroxylation sites is 1. The molecule has 0 saturated heterocycles. The average molecular weight is 265 g/mol. The number of benzene rings is 2. The lowest BCUT2D eigenvalue weighted by Gasteiger charge is -2.17. The minimum atomic E-state index is -0.00949. The first-order chi connectivity index (χ1) is 9.69. The molecule has 20 heavy (non-hydrogen) atoms. The molecule has 3 rings (SSSR count). The van der Waals surface area contributed by atoms with Crippen LogP contribution in [0.1, 0.15) is 28.3 Å². The molecular weight excluding hydrogens is 246 g/mol. The van der Waals surface area contributed by atoms with Gasteiger partial charge in [-0.25, -0.2) is 5.43 Å². The van der Waals surface area contributed by atoms with Crippen LogP contribution in [0.25, 0.3) is 10.9 Å². The van der Waals surface area contributed by atoms with Gasteiger partial charge in [0.2, 0.25) is 0 Å². The Morgan fingerprint density at radius 1 is 1.05 bits per heavy atom. The van der Waals surface area contributed by atoms with Gasteiger partial charge in [0.05, 0.1) is 6.04 Å². The Balaban J connectivity index is 2.14. The molecule has 102 valence electrons. The lowest BCUT2D eigenvalue weighted by molar-refractivity contribution is 0.640. The maximum absolute atomic E-state index is 5.82. The summed E-state index contributed by atoms with van der Waals surface area (Å²) in [4.78, 5) is 3.31. The quantitative estimate of drug-likeness (QED) is 0.502. The molecule has 3 aromatic rings. The van der Waals surface area contributed by atoms with Gasteiger partial charge in [0.25, 0.3) is 0 Å². The maximum Gasteiger partial charge on any atom is 0.0731 e. The molecule has 0 radical (unpaired) electrons. The molecule has 3 nitrogen and oxygen atoms in total. The number of hydrazine groups is 1. The molecule has 0 bridgehead atoms. The van der Waals surface area contributed by atoms with Crippen molar-refractivity contribution in [2.75, 3.05) is 0 Å². The van der Waals surface area contributed by atoms with Crippen LogP contribution in [0.2, 0.25) is 0 Å². The molecule has 0 spiro atoms. The van der Waals surface area contributed by atoms with Crippen LogP contribution in [0, 0.1) is 13.8 Å². The zero-order valence-corrected chi connectivity index (χ0v) is 11.8. The van der Waals surface area contributed by atoms with E-state index in [2.05, 4.69) is 60.7 Å². The standard InChI is InChI=1S/C17H19N3/c1-11-7-12(2)9-13(8-11)17(20-18)15-10-19-16-6-4-3-5-14(15)16/h3-10,17,19-20H,18H2,1-2H3. The van der Waals surface area contributed by atoms with E-state index in [1.165, 1.54) is 27.6 Å². The average Bonchev–Trinajstić information content (AvgIpc) is 2.83. The zero-order valence-electron chi connectivity index (χ0n) is 11.8. The highest BCUT2D eigenvalue weighted by Crippen LogP contribution is 2.29. The van der Waals surface area contributed by atoms with Crippen LogP contribution in [0.3, 0.4) is 0 Å². The molecule has 1 unspecified atom stereocenters. The van der Waals surface area contributed by atoms with E-state index in [0.717, 1.165) is 5.52 Å². The monoisotopic (exact) mass is 265 g/mol. The fraction of sp³-hybridized carbons (Fsp3) is 0.176. The maximum atomic E-state index is 5.82. The van der Waals surface area contributed by atoms with Gasteiger partial charge in [0, 0.05) is 22.7 Å². The first-order valence-electron chi connectivity index (χ1n) is 6.79. The molecule has 0 amide bonds. The summed E-state index contributed by atoms with van der Waals surface area (Å²) in [7, 11) is 0. The lowest BCUT2D eigenvalue weighted by atomic mass is 9.96.